The predicted molar refractivity (Wildman–Crippen MR) is 71.8 cm³/mol. The van der Waals surface area contributed by atoms with E-state index in [-0.39, 0.29) is 0 Å². The molecule has 0 aliphatic rings. The van der Waals surface area contributed by atoms with E-state index in [1.807, 2.05) is 0 Å². The molecule has 1 aromatic carbocycles. The smallest absolute Gasteiger partial charge is 0.0292 e. The Morgan fingerprint density at radius 1 is 1.06 bits per heavy atom. The van der Waals surface area contributed by atoms with E-state index in [0.717, 1.165) is 12.5 Å². The monoisotopic (exact) mass is 219 g/mol. The summed E-state index contributed by atoms with van der Waals surface area (Å²) in [6, 6.07) is 7.24. The van der Waals surface area contributed by atoms with Crippen LogP contribution in [0.3, 0.4) is 0 Å². The summed E-state index contributed by atoms with van der Waals surface area (Å²) in [6.45, 7) is 12.2. The van der Waals surface area contributed by atoms with Gasteiger partial charge >= 0.3 is 0 Å². The molecule has 0 spiro atoms. The van der Waals surface area contributed by atoms with Gasteiger partial charge in [0.15, 0.2) is 0 Å². The van der Waals surface area contributed by atoms with Crippen molar-refractivity contribution in [3.8, 4) is 0 Å². The highest BCUT2D eigenvalue weighted by atomic mass is 14.9. The van der Waals surface area contributed by atoms with Crippen molar-refractivity contribution in [3.05, 3.63) is 34.9 Å². The number of nitrogens with one attached hydrogen (secondary N) is 1. The molecule has 0 bridgehead atoms. The van der Waals surface area contributed by atoms with Crippen molar-refractivity contribution in [2.45, 2.75) is 47.1 Å². The third-order valence-corrected chi connectivity index (χ3v) is 3.21. The van der Waals surface area contributed by atoms with Crippen LogP contribution in [0.1, 0.15) is 49.9 Å². The van der Waals surface area contributed by atoms with Crippen molar-refractivity contribution < 1.29 is 0 Å². The second-order valence-electron chi connectivity index (χ2n) is 5.06. The van der Waals surface area contributed by atoms with Crippen molar-refractivity contribution in [2.24, 2.45) is 5.92 Å². The van der Waals surface area contributed by atoms with Crippen molar-refractivity contribution in [1.29, 1.82) is 0 Å². The van der Waals surface area contributed by atoms with Crippen LogP contribution in [0.25, 0.3) is 0 Å². The third-order valence-electron chi connectivity index (χ3n) is 3.21. The number of aryl methyl sites for hydroxylation is 2. The Kier molecular flexibility index (Phi) is 5.01. The molecule has 0 amide bonds. The lowest BCUT2D eigenvalue weighted by molar-refractivity contribution is 0.461. The van der Waals surface area contributed by atoms with E-state index < -0.39 is 0 Å². The minimum atomic E-state index is 0.451. The van der Waals surface area contributed by atoms with Gasteiger partial charge in [-0.3, -0.25) is 0 Å². The largest absolute Gasteiger partial charge is 0.310 e. The zero-order valence-electron chi connectivity index (χ0n) is 11.3. The van der Waals surface area contributed by atoms with Crippen LogP contribution < -0.4 is 5.32 Å². The maximum absolute atomic E-state index is 3.60. The first kappa shape index (κ1) is 13.2. The Hall–Kier alpha value is -0.820. The van der Waals surface area contributed by atoms with E-state index in [9.17, 15) is 0 Å². The second-order valence-corrected chi connectivity index (χ2v) is 5.06. The number of benzene rings is 1. The summed E-state index contributed by atoms with van der Waals surface area (Å²) in [5.74, 6) is 0.758. The molecular formula is C15H25N. The molecule has 0 aromatic heterocycles. The molecule has 0 aliphatic carbocycles. The highest BCUT2D eigenvalue weighted by molar-refractivity contribution is 5.30. The molecule has 1 N–H and O–H groups in total. The number of rotatable bonds is 5. The zero-order valence-corrected chi connectivity index (χ0v) is 11.3. The molecule has 90 valence electrons. The maximum atomic E-state index is 3.60. The van der Waals surface area contributed by atoms with E-state index in [1.54, 1.807) is 0 Å². The fourth-order valence-corrected chi connectivity index (χ4v) is 1.90. The molecule has 2 unspecified atom stereocenters. The van der Waals surface area contributed by atoms with E-state index in [2.05, 4.69) is 58.1 Å². The maximum Gasteiger partial charge on any atom is 0.0292 e. The molecule has 1 nitrogen and oxygen atoms in total. The fourth-order valence-electron chi connectivity index (χ4n) is 1.90. The summed E-state index contributed by atoms with van der Waals surface area (Å²) >= 11 is 0. The summed E-state index contributed by atoms with van der Waals surface area (Å²) in [4.78, 5) is 0. The van der Waals surface area contributed by atoms with Crippen LogP contribution in [0.5, 0.6) is 0 Å². The first-order valence-electron chi connectivity index (χ1n) is 6.34. The Morgan fingerprint density at radius 3 is 2.12 bits per heavy atom. The van der Waals surface area contributed by atoms with Crippen LogP contribution in [-0.2, 0) is 0 Å². The number of hydrogen-bond acceptors (Lipinski definition) is 1. The van der Waals surface area contributed by atoms with E-state index in [4.69, 9.17) is 0 Å². The van der Waals surface area contributed by atoms with Gasteiger partial charge in [0, 0.05) is 6.04 Å². The lowest BCUT2D eigenvalue weighted by Gasteiger charge is -2.18. The molecule has 0 saturated carbocycles. The SMILES string of the molecule is CCC(C)CNC(C)c1cc(C)cc(C)c1. The normalized spacial score (nSPS) is 14.8. The lowest BCUT2D eigenvalue weighted by atomic mass is 10.0. The first-order chi connectivity index (χ1) is 7.52. The predicted octanol–water partition coefficient (Wildman–Crippen LogP) is 4.00. The molecule has 0 aliphatic heterocycles. The van der Waals surface area contributed by atoms with Gasteiger partial charge in [0.25, 0.3) is 0 Å². The quantitative estimate of drug-likeness (QED) is 0.789. The zero-order chi connectivity index (χ0) is 12.1. The van der Waals surface area contributed by atoms with Gasteiger partial charge in [-0.2, -0.15) is 0 Å². The highest BCUT2D eigenvalue weighted by Gasteiger charge is 2.07. The van der Waals surface area contributed by atoms with Crippen LogP contribution in [-0.4, -0.2) is 6.54 Å². The van der Waals surface area contributed by atoms with Gasteiger partial charge in [0.2, 0.25) is 0 Å². The van der Waals surface area contributed by atoms with Gasteiger partial charge in [-0.15, -0.1) is 0 Å². The molecule has 0 heterocycles. The summed E-state index contributed by atoms with van der Waals surface area (Å²) in [7, 11) is 0. The molecule has 0 radical (unpaired) electrons. The molecule has 0 fully saturated rings. The van der Waals surface area contributed by atoms with E-state index in [0.29, 0.717) is 6.04 Å². The van der Waals surface area contributed by atoms with Gasteiger partial charge in [0.1, 0.15) is 0 Å². The summed E-state index contributed by atoms with van der Waals surface area (Å²) in [5, 5.41) is 3.60. The van der Waals surface area contributed by atoms with Crippen LogP contribution in [0.4, 0.5) is 0 Å². The Bertz CT molecular complexity index is 310. The van der Waals surface area contributed by atoms with Crippen molar-refractivity contribution in [1.82, 2.24) is 5.32 Å². The second kappa shape index (κ2) is 6.05. The molecule has 0 saturated heterocycles. The minimum Gasteiger partial charge on any atom is -0.310 e. The Morgan fingerprint density at radius 2 is 1.62 bits per heavy atom. The Labute approximate surface area is 100 Å². The lowest BCUT2D eigenvalue weighted by Crippen LogP contribution is -2.24. The first-order valence-corrected chi connectivity index (χ1v) is 6.34. The topological polar surface area (TPSA) is 12.0 Å². The average Bonchev–Trinajstić information content (AvgIpc) is 2.23. The number of hydrogen-bond donors (Lipinski definition) is 1. The average molecular weight is 219 g/mol. The Balaban J connectivity index is 2.62. The van der Waals surface area contributed by atoms with E-state index in [1.165, 1.54) is 23.1 Å². The molecule has 1 aromatic rings. The summed E-state index contributed by atoms with van der Waals surface area (Å²) in [5.41, 5.74) is 4.11. The van der Waals surface area contributed by atoms with Crippen LogP contribution >= 0.6 is 0 Å². The minimum absolute atomic E-state index is 0.451. The van der Waals surface area contributed by atoms with Crippen LogP contribution in [0.15, 0.2) is 18.2 Å². The van der Waals surface area contributed by atoms with Crippen molar-refractivity contribution in [2.75, 3.05) is 6.54 Å². The van der Waals surface area contributed by atoms with Gasteiger partial charge in [-0.1, -0.05) is 49.6 Å². The summed E-state index contributed by atoms with van der Waals surface area (Å²) < 4.78 is 0. The highest BCUT2D eigenvalue weighted by Crippen LogP contribution is 2.16. The molecule has 16 heavy (non-hydrogen) atoms. The van der Waals surface area contributed by atoms with Crippen LogP contribution in [0, 0.1) is 19.8 Å². The fraction of sp³-hybridized carbons (Fsp3) is 0.600. The summed E-state index contributed by atoms with van der Waals surface area (Å²) in [6.07, 6.45) is 1.24. The molecule has 2 atom stereocenters. The van der Waals surface area contributed by atoms with Crippen molar-refractivity contribution in [3.63, 3.8) is 0 Å². The van der Waals surface area contributed by atoms with Gasteiger partial charge in [-0.25, -0.2) is 0 Å². The molecule has 1 rings (SSSR count). The van der Waals surface area contributed by atoms with Crippen molar-refractivity contribution >= 4 is 0 Å². The molecule has 1 heteroatoms. The van der Waals surface area contributed by atoms with Gasteiger partial charge < -0.3 is 5.32 Å². The van der Waals surface area contributed by atoms with Gasteiger partial charge in [0.05, 0.1) is 0 Å². The standard InChI is InChI=1S/C15H25N/c1-6-11(2)10-16-14(5)15-8-12(3)7-13(4)9-15/h7-9,11,14,16H,6,10H2,1-5H3. The molecular weight excluding hydrogens is 194 g/mol. The van der Waals surface area contributed by atoms with Crippen LogP contribution in [0.2, 0.25) is 0 Å². The van der Waals surface area contributed by atoms with E-state index >= 15 is 0 Å². The third kappa shape index (κ3) is 3.97. The van der Waals surface area contributed by atoms with Gasteiger partial charge in [-0.05, 0) is 38.8 Å².